The Labute approximate surface area is 93.6 Å². The average Bonchev–Trinajstić information content (AvgIpc) is 2.16. The Hall–Kier alpha value is -2.04. The second kappa shape index (κ2) is 5.16. The fourth-order valence-corrected chi connectivity index (χ4v) is 1.06. The molecule has 5 heteroatoms. The number of aryl methyl sites for hydroxylation is 1. The molecule has 1 atom stereocenters. The first-order valence-corrected chi connectivity index (χ1v) is 4.83. The number of benzene rings is 1. The molecular weight excluding hydrogens is 208 g/mol. The quantitative estimate of drug-likeness (QED) is 0.799. The van der Waals surface area contributed by atoms with Gasteiger partial charge in [-0.1, -0.05) is 12.1 Å². The fourth-order valence-electron chi connectivity index (χ4n) is 1.06. The molecular formula is C11H14N2O3. The van der Waals surface area contributed by atoms with Crippen molar-refractivity contribution in [2.24, 2.45) is 5.73 Å². The lowest BCUT2D eigenvalue weighted by Crippen LogP contribution is -2.43. The van der Waals surface area contributed by atoms with Crippen molar-refractivity contribution in [3.05, 3.63) is 29.8 Å². The molecule has 0 bridgehead atoms. The Bertz CT molecular complexity index is 404. The van der Waals surface area contributed by atoms with E-state index in [1.165, 1.54) is 6.92 Å². The first kappa shape index (κ1) is 12.0. The van der Waals surface area contributed by atoms with Crippen molar-refractivity contribution < 1.29 is 14.3 Å². The van der Waals surface area contributed by atoms with Crippen LogP contribution in [0.3, 0.4) is 0 Å². The third-order valence-electron chi connectivity index (χ3n) is 1.96. The van der Waals surface area contributed by atoms with Crippen LogP contribution >= 0.6 is 0 Å². The third kappa shape index (κ3) is 3.61. The normalized spacial score (nSPS) is 11.6. The summed E-state index contributed by atoms with van der Waals surface area (Å²) in [5, 5.41) is 2.31. The monoisotopic (exact) mass is 222 g/mol. The van der Waals surface area contributed by atoms with E-state index < -0.39 is 18.0 Å². The molecule has 0 aromatic heterocycles. The molecule has 0 spiro atoms. The zero-order valence-electron chi connectivity index (χ0n) is 9.19. The van der Waals surface area contributed by atoms with E-state index in [9.17, 15) is 9.59 Å². The number of carbonyl (C=O) groups is 2. The van der Waals surface area contributed by atoms with Gasteiger partial charge >= 0.3 is 6.09 Å². The molecule has 1 rings (SSSR count). The van der Waals surface area contributed by atoms with E-state index in [0.29, 0.717) is 5.75 Å². The van der Waals surface area contributed by atoms with Crippen LogP contribution in [0.5, 0.6) is 5.75 Å². The molecule has 2 amide bonds. The largest absolute Gasteiger partial charge is 0.413 e. The Balaban J connectivity index is 2.55. The lowest BCUT2D eigenvalue weighted by molar-refractivity contribution is -0.119. The van der Waals surface area contributed by atoms with Gasteiger partial charge < -0.3 is 15.8 Å². The van der Waals surface area contributed by atoms with Crippen LogP contribution in [0.1, 0.15) is 12.5 Å². The van der Waals surface area contributed by atoms with E-state index in [2.05, 4.69) is 5.32 Å². The minimum atomic E-state index is -0.752. The molecule has 5 nitrogen and oxygen atoms in total. The number of rotatable bonds is 3. The predicted molar refractivity (Wildman–Crippen MR) is 59.0 cm³/mol. The number of hydrogen-bond donors (Lipinski definition) is 2. The van der Waals surface area contributed by atoms with Crippen molar-refractivity contribution in [1.82, 2.24) is 5.32 Å². The summed E-state index contributed by atoms with van der Waals surface area (Å²) in [4.78, 5) is 22.0. The number of nitrogens with two attached hydrogens (primary N) is 1. The van der Waals surface area contributed by atoms with Crippen molar-refractivity contribution >= 4 is 12.0 Å². The highest BCUT2D eigenvalue weighted by molar-refractivity contribution is 5.84. The molecule has 16 heavy (non-hydrogen) atoms. The van der Waals surface area contributed by atoms with Crippen molar-refractivity contribution in [2.75, 3.05) is 0 Å². The molecule has 86 valence electrons. The minimum Gasteiger partial charge on any atom is -0.410 e. The van der Waals surface area contributed by atoms with E-state index in [1.54, 1.807) is 18.2 Å². The standard InChI is InChI=1S/C11H14N2O3/c1-7-4-3-5-9(6-7)16-11(15)13-8(2)10(12)14/h3-6,8H,1-2H3,(H2,12,14)(H,13,15)/t8-/m0/s1. The second-order valence-corrected chi connectivity index (χ2v) is 3.47. The summed E-state index contributed by atoms with van der Waals surface area (Å²) in [5.74, 6) is -0.185. The van der Waals surface area contributed by atoms with Crippen molar-refractivity contribution in [3.8, 4) is 5.75 Å². The van der Waals surface area contributed by atoms with Gasteiger partial charge in [0.2, 0.25) is 5.91 Å². The molecule has 0 saturated heterocycles. The molecule has 1 aromatic carbocycles. The van der Waals surface area contributed by atoms with Crippen LogP contribution in [0.4, 0.5) is 4.79 Å². The maximum atomic E-state index is 11.3. The lowest BCUT2D eigenvalue weighted by atomic mass is 10.2. The van der Waals surface area contributed by atoms with E-state index in [1.807, 2.05) is 13.0 Å². The topological polar surface area (TPSA) is 81.4 Å². The van der Waals surface area contributed by atoms with Crippen LogP contribution in [-0.4, -0.2) is 18.0 Å². The number of hydrogen-bond acceptors (Lipinski definition) is 3. The number of primary amides is 1. The van der Waals surface area contributed by atoms with Gasteiger partial charge in [-0.05, 0) is 31.5 Å². The molecule has 0 aliphatic rings. The smallest absolute Gasteiger partial charge is 0.410 e. The van der Waals surface area contributed by atoms with Crippen LogP contribution in [0, 0.1) is 6.92 Å². The van der Waals surface area contributed by atoms with Gasteiger partial charge in [-0.25, -0.2) is 4.79 Å². The first-order valence-electron chi connectivity index (χ1n) is 4.83. The number of nitrogens with one attached hydrogen (secondary N) is 1. The zero-order valence-corrected chi connectivity index (χ0v) is 9.19. The number of carbonyl (C=O) groups excluding carboxylic acids is 2. The van der Waals surface area contributed by atoms with Gasteiger partial charge in [-0.3, -0.25) is 4.79 Å². The van der Waals surface area contributed by atoms with Gasteiger partial charge in [-0.15, -0.1) is 0 Å². The summed E-state index contributed by atoms with van der Waals surface area (Å²) < 4.78 is 4.96. The highest BCUT2D eigenvalue weighted by Gasteiger charge is 2.13. The summed E-state index contributed by atoms with van der Waals surface area (Å²) in [5.41, 5.74) is 5.97. The highest BCUT2D eigenvalue weighted by atomic mass is 16.6. The van der Waals surface area contributed by atoms with Crippen molar-refractivity contribution in [3.63, 3.8) is 0 Å². The zero-order chi connectivity index (χ0) is 12.1. The highest BCUT2D eigenvalue weighted by Crippen LogP contribution is 2.12. The van der Waals surface area contributed by atoms with Crippen LogP contribution in [0.15, 0.2) is 24.3 Å². The second-order valence-electron chi connectivity index (χ2n) is 3.47. The van der Waals surface area contributed by atoms with E-state index in [-0.39, 0.29) is 0 Å². The van der Waals surface area contributed by atoms with Gasteiger partial charge in [0.05, 0.1) is 0 Å². The minimum absolute atomic E-state index is 0.425. The van der Waals surface area contributed by atoms with E-state index in [4.69, 9.17) is 10.5 Å². The SMILES string of the molecule is Cc1cccc(OC(=O)N[C@@H](C)C(N)=O)c1. The Morgan fingerprint density at radius 2 is 2.12 bits per heavy atom. The van der Waals surface area contributed by atoms with Crippen molar-refractivity contribution in [1.29, 1.82) is 0 Å². The molecule has 0 aliphatic carbocycles. The van der Waals surface area contributed by atoms with Gasteiger partial charge in [0.25, 0.3) is 0 Å². The summed E-state index contributed by atoms with van der Waals surface area (Å²) in [6, 6.07) is 6.28. The average molecular weight is 222 g/mol. The van der Waals surface area contributed by atoms with Crippen LogP contribution in [-0.2, 0) is 4.79 Å². The third-order valence-corrected chi connectivity index (χ3v) is 1.96. The summed E-state index contributed by atoms with van der Waals surface area (Å²) in [7, 11) is 0. The molecule has 0 unspecified atom stereocenters. The van der Waals surface area contributed by atoms with Crippen LogP contribution in [0.2, 0.25) is 0 Å². The molecule has 1 aromatic rings. The summed E-state index contributed by atoms with van der Waals surface area (Å²) in [6.45, 7) is 3.37. The van der Waals surface area contributed by atoms with Gasteiger partial charge in [0.1, 0.15) is 11.8 Å². The Morgan fingerprint density at radius 3 is 2.69 bits per heavy atom. The van der Waals surface area contributed by atoms with Crippen LogP contribution < -0.4 is 15.8 Å². The maximum absolute atomic E-state index is 11.3. The Morgan fingerprint density at radius 1 is 1.44 bits per heavy atom. The molecule has 0 saturated carbocycles. The molecule has 3 N–H and O–H groups in total. The van der Waals surface area contributed by atoms with E-state index in [0.717, 1.165) is 5.56 Å². The molecule has 0 aliphatic heterocycles. The van der Waals surface area contributed by atoms with E-state index >= 15 is 0 Å². The predicted octanol–water partition coefficient (Wildman–Crippen LogP) is 0.957. The summed E-state index contributed by atoms with van der Waals surface area (Å²) >= 11 is 0. The van der Waals surface area contributed by atoms with Gasteiger partial charge in [-0.2, -0.15) is 0 Å². The summed E-state index contributed by atoms with van der Waals surface area (Å²) in [6.07, 6.45) is -0.697. The maximum Gasteiger partial charge on any atom is 0.413 e. The van der Waals surface area contributed by atoms with Gasteiger partial charge in [0.15, 0.2) is 0 Å². The number of amides is 2. The molecule has 0 heterocycles. The Kier molecular flexibility index (Phi) is 3.88. The van der Waals surface area contributed by atoms with Gasteiger partial charge in [0, 0.05) is 0 Å². The number of ether oxygens (including phenoxy) is 1. The molecule has 0 radical (unpaired) electrons. The molecule has 0 fully saturated rings. The lowest BCUT2D eigenvalue weighted by Gasteiger charge is -2.10. The van der Waals surface area contributed by atoms with Crippen LogP contribution in [0.25, 0.3) is 0 Å². The van der Waals surface area contributed by atoms with Crippen molar-refractivity contribution in [2.45, 2.75) is 19.9 Å². The fraction of sp³-hybridized carbons (Fsp3) is 0.273. The first-order chi connectivity index (χ1) is 7.49.